The second-order valence-electron chi connectivity index (χ2n) is 3.06. The van der Waals surface area contributed by atoms with Crippen molar-refractivity contribution in [2.24, 2.45) is 10.9 Å². The first kappa shape index (κ1) is 12.1. The molecule has 0 amide bonds. The van der Waals surface area contributed by atoms with E-state index in [0.29, 0.717) is 11.9 Å². The predicted molar refractivity (Wildman–Crippen MR) is 55.3 cm³/mol. The fourth-order valence-electron chi connectivity index (χ4n) is 0.743. The van der Waals surface area contributed by atoms with Crippen LogP contribution in [0.4, 0.5) is 0 Å². The highest BCUT2D eigenvalue weighted by atomic mass is 16.6. The zero-order valence-electron chi connectivity index (χ0n) is 8.79. The lowest BCUT2D eigenvalue weighted by Gasteiger charge is -2.08. The summed E-state index contributed by atoms with van der Waals surface area (Å²) in [6.07, 6.45) is 1.93. The van der Waals surface area contributed by atoms with Crippen molar-refractivity contribution in [3.63, 3.8) is 0 Å². The van der Waals surface area contributed by atoms with E-state index in [2.05, 4.69) is 29.0 Å². The van der Waals surface area contributed by atoms with Crippen molar-refractivity contribution in [3.05, 3.63) is 11.8 Å². The molecule has 0 aliphatic carbocycles. The van der Waals surface area contributed by atoms with Gasteiger partial charge in [-0.05, 0) is 6.92 Å². The number of nitrogens with two attached hydrogens (primary N) is 1. The molecule has 0 aliphatic heterocycles. The van der Waals surface area contributed by atoms with Crippen LogP contribution in [0.15, 0.2) is 16.8 Å². The molecule has 76 valence electrons. The number of hydrogen-bond donors (Lipinski definition) is 2. The van der Waals surface area contributed by atoms with Crippen LogP contribution in [-0.4, -0.2) is 18.5 Å². The standard InChI is InChI=1S/C9H19N3O/c1-5-9(6-11-7(2)3)12-8(4)13-10/h5,7,11H,6,10H2,1-4H3/b9-5-,12-8-. The van der Waals surface area contributed by atoms with Gasteiger partial charge in [0.1, 0.15) is 0 Å². The summed E-state index contributed by atoms with van der Waals surface area (Å²) >= 11 is 0. The minimum atomic E-state index is 0.448. The molecule has 0 aromatic heterocycles. The van der Waals surface area contributed by atoms with Crippen molar-refractivity contribution < 1.29 is 4.84 Å². The van der Waals surface area contributed by atoms with E-state index in [4.69, 9.17) is 5.90 Å². The first-order valence-corrected chi connectivity index (χ1v) is 4.40. The second-order valence-corrected chi connectivity index (χ2v) is 3.06. The lowest BCUT2D eigenvalue weighted by molar-refractivity contribution is 0.317. The van der Waals surface area contributed by atoms with Crippen LogP contribution in [0.1, 0.15) is 27.7 Å². The lowest BCUT2D eigenvalue weighted by atomic mass is 10.3. The van der Waals surface area contributed by atoms with Crippen molar-refractivity contribution in [1.82, 2.24) is 5.32 Å². The Hall–Kier alpha value is -0.870. The highest BCUT2D eigenvalue weighted by molar-refractivity contribution is 5.73. The predicted octanol–water partition coefficient (Wildman–Crippen LogP) is 1.20. The number of aliphatic imine (C=N–C) groups is 1. The van der Waals surface area contributed by atoms with Gasteiger partial charge in [-0.2, -0.15) is 5.90 Å². The van der Waals surface area contributed by atoms with Gasteiger partial charge in [0.05, 0.1) is 5.70 Å². The van der Waals surface area contributed by atoms with E-state index in [1.807, 2.05) is 13.0 Å². The molecule has 0 bridgehead atoms. The largest absolute Gasteiger partial charge is 0.396 e. The van der Waals surface area contributed by atoms with Gasteiger partial charge in [0.2, 0.25) is 5.90 Å². The lowest BCUT2D eigenvalue weighted by Crippen LogP contribution is -2.24. The van der Waals surface area contributed by atoms with Gasteiger partial charge in [-0.15, -0.1) is 0 Å². The number of nitrogens with one attached hydrogen (secondary N) is 1. The van der Waals surface area contributed by atoms with E-state index in [9.17, 15) is 0 Å². The number of hydrogen-bond acceptors (Lipinski definition) is 4. The number of nitrogens with zero attached hydrogens (tertiary/aromatic N) is 1. The summed E-state index contributed by atoms with van der Waals surface area (Å²) in [5.41, 5.74) is 0.927. The molecule has 13 heavy (non-hydrogen) atoms. The van der Waals surface area contributed by atoms with Crippen molar-refractivity contribution in [2.75, 3.05) is 6.54 Å². The summed E-state index contributed by atoms with van der Waals surface area (Å²) < 4.78 is 0. The molecule has 0 heterocycles. The Morgan fingerprint density at radius 3 is 2.62 bits per heavy atom. The van der Waals surface area contributed by atoms with Crippen LogP contribution < -0.4 is 11.2 Å². The second kappa shape index (κ2) is 6.62. The van der Waals surface area contributed by atoms with E-state index < -0.39 is 0 Å². The van der Waals surface area contributed by atoms with E-state index in [-0.39, 0.29) is 0 Å². The highest BCUT2D eigenvalue weighted by Crippen LogP contribution is 1.96. The van der Waals surface area contributed by atoms with Crippen LogP contribution in [0, 0.1) is 0 Å². The summed E-state index contributed by atoms with van der Waals surface area (Å²) in [5, 5.41) is 3.25. The first-order chi connectivity index (χ1) is 6.10. The molecule has 3 N–H and O–H groups in total. The molecule has 0 aromatic carbocycles. The average molecular weight is 185 g/mol. The molecule has 0 rings (SSSR count). The topological polar surface area (TPSA) is 59.6 Å². The summed E-state index contributed by atoms with van der Waals surface area (Å²) in [4.78, 5) is 8.62. The molecule has 4 heteroatoms. The molecule has 0 spiro atoms. The van der Waals surface area contributed by atoms with Crippen LogP contribution in [0.25, 0.3) is 0 Å². The zero-order chi connectivity index (χ0) is 10.3. The normalized spacial score (nSPS) is 13.7. The van der Waals surface area contributed by atoms with Crippen LogP contribution in [0.2, 0.25) is 0 Å². The molecule has 4 nitrogen and oxygen atoms in total. The van der Waals surface area contributed by atoms with Gasteiger partial charge in [0.25, 0.3) is 0 Å². The molecule has 0 aliphatic rings. The van der Waals surface area contributed by atoms with Gasteiger partial charge in [-0.3, -0.25) is 0 Å². The Balaban J connectivity index is 4.06. The Labute approximate surface area is 79.8 Å². The highest BCUT2D eigenvalue weighted by Gasteiger charge is 1.97. The number of allylic oxidation sites excluding steroid dienone is 1. The average Bonchev–Trinajstić information content (AvgIpc) is 2.11. The van der Waals surface area contributed by atoms with Crippen LogP contribution in [-0.2, 0) is 4.84 Å². The van der Waals surface area contributed by atoms with Gasteiger partial charge in [-0.25, -0.2) is 4.99 Å². The van der Waals surface area contributed by atoms with Crippen molar-refractivity contribution in [3.8, 4) is 0 Å². The summed E-state index contributed by atoms with van der Waals surface area (Å²) in [5.74, 6) is 5.42. The van der Waals surface area contributed by atoms with Gasteiger partial charge in [-0.1, -0.05) is 19.9 Å². The van der Waals surface area contributed by atoms with Gasteiger partial charge < -0.3 is 10.2 Å². The molecule has 0 atom stereocenters. The van der Waals surface area contributed by atoms with Gasteiger partial charge >= 0.3 is 0 Å². The summed E-state index contributed by atoms with van der Waals surface area (Å²) in [6.45, 7) is 8.56. The fourth-order valence-corrected chi connectivity index (χ4v) is 0.743. The van der Waals surface area contributed by atoms with Gasteiger partial charge in [0.15, 0.2) is 0 Å². The van der Waals surface area contributed by atoms with Crippen molar-refractivity contribution >= 4 is 5.90 Å². The smallest absolute Gasteiger partial charge is 0.210 e. The number of rotatable bonds is 4. The third-order valence-electron chi connectivity index (χ3n) is 1.50. The summed E-state index contributed by atoms with van der Waals surface area (Å²) in [7, 11) is 0. The minimum absolute atomic E-state index is 0.448. The first-order valence-electron chi connectivity index (χ1n) is 4.40. The zero-order valence-corrected chi connectivity index (χ0v) is 8.79. The minimum Gasteiger partial charge on any atom is -0.396 e. The maximum atomic E-state index is 4.95. The van der Waals surface area contributed by atoms with E-state index >= 15 is 0 Å². The van der Waals surface area contributed by atoms with Crippen LogP contribution in [0.5, 0.6) is 0 Å². The monoisotopic (exact) mass is 185 g/mol. The maximum absolute atomic E-state index is 4.95. The molecular weight excluding hydrogens is 166 g/mol. The molecule has 0 fully saturated rings. The van der Waals surface area contributed by atoms with Crippen LogP contribution >= 0.6 is 0 Å². The molecule has 0 unspecified atom stereocenters. The Morgan fingerprint density at radius 2 is 2.23 bits per heavy atom. The van der Waals surface area contributed by atoms with Crippen LogP contribution in [0.3, 0.4) is 0 Å². The Morgan fingerprint density at radius 1 is 1.62 bits per heavy atom. The fraction of sp³-hybridized carbons (Fsp3) is 0.667. The maximum Gasteiger partial charge on any atom is 0.210 e. The molecule has 0 saturated carbocycles. The quantitative estimate of drug-likeness (QED) is 0.393. The Kier molecular flexibility index (Phi) is 6.18. The third kappa shape index (κ3) is 6.31. The Bertz CT molecular complexity index is 197. The molecule has 0 radical (unpaired) electrons. The molecule has 0 aromatic rings. The van der Waals surface area contributed by atoms with Crippen molar-refractivity contribution in [1.29, 1.82) is 0 Å². The SMILES string of the molecule is C/C=C(CNC(C)C)\N=C(\C)ON. The summed E-state index contributed by atoms with van der Waals surface area (Å²) in [6, 6.07) is 0.448. The third-order valence-corrected chi connectivity index (χ3v) is 1.50. The van der Waals surface area contributed by atoms with E-state index in [1.165, 1.54) is 0 Å². The molecular formula is C9H19N3O. The molecule has 0 saturated heterocycles. The van der Waals surface area contributed by atoms with E-state index in [0.717, 1.165) is 12.2 Å². The van der Waals surface area contributed by atoms with Gasteiger partial charge in [0, 0.05) is 19.5 Å². The van der Waals surface area contributed by atoms with Crippen molar-refractivity contribution in [2.45, 2.75) is 33.7 Å². The van der Waals surface area contributed by atoms with E-state index in [1.54, 1.807) is 6.92 Å².